The van der Waals surface area contributed by atoms with Crippen molar-refractivity contribution >= 4 is 11.4 Å². The van der Waals surface area contributed by atoms with Crippen LogP contribution >= 0.6 is 0 Å². The average molecular weight is 259 g/mol. The molecule has 0 amide bonds. The Labute approximate surface area is 114 Å². The number of aliphatic hydroxyl groups excluding tert-OH is 1. The van der Waals surface area contributed by atoms with Gasteiger partial charge in [-0.2, -0.15) is 5.26 Å². The second-order valence-electron chi connectivity index (χ2n) is 5.09. The van der Waals surface area contributed by atoms with Gasteiger partial charge in [0.15, 0.2) is 0 Å². The van der Waals surface area contributed by atoms with Crippen LogP contribution in [0.5, 0.6) is 0 Å². The Balaban J connectivity index is 2.29. The van der Waals surface area contributed by atoms with E-state index in [0.717, 1.165) is 18.5 Å². The monoisotopic (exact) mass is 259 g/mol. The van der Waals surface area contributed by atoms with E-state index < -0.39 is 0 Å². The maximum atomic E-state index is 9.30. The van der Waals surface area contributed by atoms with Gasteiger partial charge in [-0.05, 0) is 31.0 Å². The Bertz CT molecular complexity index is 461. The van der Waals surface area contributed by atoms with E-state index in [4.69, 9.17) is 11.0 Å². The van der Waals surface area contributed by atoms with Gasteiger partial charge in [-0.25, -0.2) is 0 Å². The van der Waals surface area contributed by atoms with Crippen LogP contribution in [-0.2, 0) is 0 Å². The lowest BCUT2D eigenvalue weighted by atomic mass is 9.93. The normalized spacial score (nSPS) is 16.0. The van der Waals surface area contributed by atoms with Crippen molar-refractivity contribution in [3.8, 4) is 6.07 Å². The molecular weight excluding hydrogens is 238 g/mol. The number of aliphatic hydroxyl groups is 1. The van der Waals surface area contributed by atoms with E-state index in [1.165, 1.54) is 19.3 Å². The number of benzene rings is 1. The van der Waals surface area contributed by atoms with Gasteiger partial charge in [0.05, 0.1) is 29.6 Å². The smallest absolute Gasteiger partial charge is 0.0992 e. The molecule has 19 heavy (non-hydrogen) atoms. The number of nitriles is 1. The molecule has 0 bridgehead atoms. The fourth-order valence-electron chi connectivity index (χ4n) is 2.86. The predicted molar refractivity (Wildman–Crippen MR) is 76.9 cm³/mol. The minimum Gasteiger partial charge on any atom is -0.397 e. The molecule has 1 saturated carbocycles. The highest BCUT2D eigenvalue weighted by atomic mass is 16.3. The van der Waals surface area contributed by atoms with Crippen molar-refractivity contribution < 1.29 is 5.11 Å². The first-order chi connectivity index (χ1) is 9.26. The Hall–Kier alpha value is -1.73. The van der Waals surface area contributed by atoms with Crippen LogP contribution in [0.2, 0.25) is 0 Å². The molecule has 0 aliphatic heterocycles. The number of nitrogens with zero attached hydrogens (tertiary/aromatic N) is 2. The highest BCUT2D eigenvalue weighted by molar-refractivity contribution is 5.70. The molecule has 1 fully saturated rings. The third kappa shape index (κ3) is 3.18. The van der Waals surface area contributed by atoms with Gasteiger partial charge in [0.2, 0.25) is 0 Å². The summed E-state index contributed by atoms with van der Waals surface area (Å²) in [7, 11) is 0. The first-order valence-electron chi connectivity index (χ1n) is 6.93. The van der Waals surface area contributed by atoms with Gasteiger partial charge in [0, 0.05) is 12.6 Å². The molecule has 0 spiro atoms. The number of nitrogens with two attached hydrogens (primary N) is 1. The van der Waals surface area contributed by atoms with Crippen molar-refractivity contribution in [2.75, 3.05) is 23.8 Å². The van der Waals surface area contributed by atoms with Gasteiger partial charge >= 0.3 is 0 Å². The van der Waals surface area contributed by atoms with Crippen LogP contribution in [0.4, 0.5) is 11.4 Å². The van der Waals surface area contributed by atoms with Gasteiger partial charge in [0.25, 0.3) is 0 Å². The van der Waals surface area contributed by atoms with Crippen LogP contribution in [0.1, 0.15) is 37.7 Å². The zero-order valence-electron chi connectivity index (χ0n) is 11.2. The third-order valence-corrected chi connectivity index (χ3v) is 3.83. The first kappa shape index (κ1) is 13.7. The fourth-order valence-corrected chi connectivity index (χ4v) is 2.86. The van der Waals surface area contributed by atoms with Crippen LogP contribution in [0, 0.1) is 11.3 Å². The van der Waals surface area contributed by atoms with E-state index >= 15 is 0 Å². The molecule has 0 aromatic heterocycles. The summed E-state index contributed by atoms with van der Waals surface area (Å²) >= 11 is 0. The van der Waals surface area contributed by atoms with Crippen LogP contribution < -0.4 is 10.6 Å². The molecule has 3 N–H and O–H groups in total. The Morgan fingerprint density at radius 1 is 1.32 bits per heavy atom. The molecule has 102 valence electrons. The summed E-state index contributed by atoms with van der Waals surface area (Å²) < 4.78 is 0. The van der Waals surface area contributed by atoms with Crippen molar-refractivity contribution in [2.24, 2.45) is 0 Å². The van der Waals surface area contributed by atoms with Crippen molar-refractivity contribution in [1.29, 1.82) is 5.26 Å². The van der Waals surface area contributed by atoms with E-state index in [-0.39, 0.29) is 6.61 Å². The average Bonchev–Trinajstić information content (AvgIpc) is 2.47. The maximum Gasteiger partial charge on any atom is 0.0992 e. The van der Waals surface area contributed by atoms with Crippen molar-refractivity contribution in [3.05, 3.63) is 23.8 Å². The summed E-state index contributed by atoms with van der Waals surface area (Å²) in [5.41, 5.74) is 8.23. The van der Waals surface area contributed by atoms with Crippen LogP contribution in [-0.4, -0.2) is 24.3 Å². The molecule has 4 nitrogen and oxygen atoms in total. The predicted octanol–water partition coefficient (Wildman–Crippen LogP) is 2.27. The topological polar surface area (TPSA) is 73.3 Å². The second kappa shape index (κ2) is 6.44. The van der Waals surface area contributed by atoms with Gasteiger partial charge in [0.1, 0.15) is 0 Å². The first-order valence-corrected chi connectivity index (χ1v) is 6.93. The summed E-state index contributed by atoms with van der Waals surface area (Å²) in [5, 5.41) is 18.3. The zero-order valence-corrected chi connectivity index (χ0v) is 11.2. The van der Waals surface area contributed by atoms with Gasteiger partial charge in [-0.3, -0.25) is 0 Å². The zero-order chi connectivity index (χ0) is 13.7. The standard InChI is InChI=1S/C15H21N3O/c16-11-12-6-7-14(17)15(10-12)18(8-9-19)13-4-2-1-3-5-13/h6-7,10,13,19H,1-5,8-9,17H2. The quantitative estimate of drug-likeness (QED) is 0.813. The molecule has 0 radical (unpaired) electrons. The Morgan fingerprint density at radius 3 is 2.68 bits per heavy atom. The SMILES string of the molecule is N#Cc1ccc(N)c(N(CCO)C2CCCCC2)c1. The second-order valence-corrected chi connectivity index (χ2v) is 5.09. The lowest BCUT2D eigenvalue weighted by Crippen LogP contribution is -2.39. The summed E-state index contributed by atoms with van der Waals surface area (Å²) in [4.78, 5) is 2.18. The van der Waals surface area contributed by atoms with E-state index in [2.05, 4.69) is 11.0 Å². The summed E-state index contributed by atoms with van der Waals surface area (Å²) in [6.07, 6.45) is 6.01. The summed E-state index contributed by atoms with van der Waals surface area (Å²) in [6, 6.07) is 7.92. The third-order valence-electron chi connectivity index (χ3n) is 3.83. The molecule has 1 aliphatic rings. The van der Waals surface area contributed by atoms with Gasteiger partial charge < -0.3 is 15.7 Å². The molecule has 1 aromatic carbocycles. The van der Waals surface area contributed by atoms with E-state index in [9.17, 15) is 5.11 Å². The molecule has 1 aliphatic carbocycles. The van der Waals surface area contributed by atoms with Crippen LogP contribution in [0.25, 0.3) is 0 Å². The number of nitrogen functional groups attached to an aromatic ring is 1. The van der Waals surface area contributed by atoms with E-state index in [1.807, 2.05) is 6.07 Å². The number of anilines is 2. The molecule has 0 heterocycles. The number of rotatable bonds is 4. The van der Waals surface area contributed by atoms with Gasteiger partial charge in [-0.15, -0.1) is 0 Å². The Kier molecular flexibility index (Phi) is 4.64. The highest BCUT2D eigenvalue weighted by Gasteiger charge is 2.22. The minimum atomic E-state index is 0.104. The number of hydrogen-bond donors (Lipinski definition) is 2. The molecule has 0 saturated heterocycles. The van der Waals surface area contributed by atoms with Crippen molar-refractivity contribution in [1.82, 2.24) is 0 Å². The molecule has 0 unspecified atom stereocenters. The van der Waals surface area contributed by atoms with Gasteiger partial charge in [-0.1, -0.05) is 19.3 Å². The lowest BCUT2D eigenvalue weighted by molar-refractivity contribution is 0.290. The van der Waals surface area contributed by atoms with Crippen LogP contribution in [0.3, 0.4) is 0 Å². The largest absolute Gasteiger partial charge is 0.397 e. The molecule has 0 atom stereocenters. The molecule has 1 aromatic rings. The van der Waals surface area contributed by atoms with E-state index in [0.29, 0.717) is 23.8 Å². The minimum absolute atomic E-state index is 0.104. The molecule has 2 rings (SSSR count). The van der Waals surface area contributed by atoms with Crippen molar-refractivity contribution in [2.45, 2.75) is 38.1 Å². The lowest BCUT2D eigenvalue weighted by Gasteiger charge is -2.36. The summed E-state index contributed by atoms with van der Waals surface area (Å²) in [6.45, 7) is 0.677. The fraction of sp³-hybridized carbons (Fsp3) is 0.533. The maximum absolute atomic E-state index is 9.30. The van der Waals surface area contributed by atoms with E-state index in [1.54, 1.807) is 12.1 Å². The summed E-state index contributed by atoms with van der Waals surface area (Å²) in [5.74, 6) is 0. The Morgan fingerprint density at radius 2 is 2.05 bits per heavy atom. The highest BCUT2D eigenvalue weighted by Crippen LogP contribution is 2.31. The van der Waals surface area contributed by atoms with Crippen LogP contribution in [0.15, 0.2) is 18.2 Å². The van der Waals surface area contributed by atoms with Crippen molar-refractivity contribution in [3.63, 3.8) is 0 Å². The number of hydrogen-bond acceptors (Lipinski definition) is 4. The molecular formula is C15H21N3O. The molecule has 4 heteroatoms.